The van der Waals surface area contributed by atoms with Crippen LogP contribution in [0.25, 0.3) is 16.9 Å². The molecule has 2 N–H and O–H groups in total. The minimum absolute atomic E-state index is 0.00546. The van der Waals surface area contributed by atoms with E-state index in [-0.39, 0.29) is 22.8 Å². The highest BCUT2D eigenvalue weighted by Crippen LogP contribution is 2.36. The van der Waals surface area contributed by atoms with Gasteiger partial charge in [-0.3, -0.25) is 9.20 Å². The highest BCUT2D eigenvalue weighted by molar-refractivity contribution is 5.97. The molecule has 2 aromatic heterocycles. The lowest BCUT2D eigenvalue weighted by Gasteiger charge is -2.15. The number of hydrogen-bond donors (Lipinski definition) is 2. The second-order valence-electron chi connectivity index (χ2n) is 10.1. The number of aromatic nitrogens is 2. The standard InChI is InChI=1S/C29H22F7N5O3/c1-16-10-17(2-4-20(16)26(42)40-27(15-37)6-7-27)23-13-39-25-22(38-9-8-28(31,32)33)12-19(14-41(23)25)43-18-3-5-24(21(30)11-18)44-29(34,35)36/h2-5,10-14,38H,6-9H2,1H3,(H,40,42). The number of pyridine rings is 1. The van der Waals surface area contributed by atoms with Crippen molar-refractivity contribution in [3.05, 3.63) is 71.8 Å². The van der Waals surface area contributed by atoms with Crippen molar-refractivity contribution in [2.45, 2.75) is 44.3 Å². The molecule has 0 saturated heterocycles. The summed E-state index contributed by atoms with van der Waals surface area (Å²) in [6, 6.07) is 10.8. The van der Waals surface area contributed by atoms with Crippen LogP contribution in [0.1, 0.15) is 35.2 Å². The maximum Gasteiger partial charge on any atom is 0.573 e. The van der Waals surface area contributed by atoms with Crippen molar-refractivity contribution in [2.24, 2.45) is 0 Å². The molecule has 4 aromatic rings. The average molecular weight is 622 g/mol. The number of carbonyl (C=O) groups is 1. The normalized spacial score (nSPS) is 14.2. The lowest BCUT2D eigenvalue weighted by molar-refractivity contribution is -0.275. The number of benzene rings is 2. The number of ether oxygens (including phenoxy) is 2. The lowest BCUT2D eigenvalue weighted by Crippen LogP contribution is -2.35. The van der Waals surface area contributed by atoms with E-state index < -0.39 is 48.5 Å². The SMILES string of the molecule is Cc1cc(-c2cnc3c(NCCC(F)(F)F)cc(Oc4ccc(OC(F)(F)F)c(F)c4)cn23)ccc1C(=O)NC1(C#N)CC1. The Hall–Kier alpha value is -5.00. The molecule has 8 nitrogen and oxygen atoms in total. The number of rotatable bonds is 9. The zero-order valence-corrected chi connectivity index (χ0v) is 22.7. The second kappa shape index (κ2) is 11.3. The maximum absolute atomic E-state index is 14.3. The van der Waals surface area contributed by atoms with Gasteiger partial charge in [0.2, 0.25) is 0 Å². The first-order valence-electron chi connectivity index (χ1n) is 13.0. The van der Waals surface area contributed by atoms with E-state index in [4.69, 9.17) is 4.74 Å². The molecule has 1 aliphatic rings. The van der Waals surface area contributed by atoms with Gasteiger partial charge in [-0.05, 0) is 49.6 Å². The Morgan fingerprint density at radius 2 is 1.84 bits per heavy atom. The van der Waals surface area contributed by atoms with Gasteiger partial charge in [-0.25, -0.2) is 9.37 Å². The van der Waals surface area contributed by atoms with Crippen LogP contribution in [0.5, 0.6) is 17.2 Å². The van der Waals surface area contributed by atoms with E-state index in [0.29, 0.717) is 41.3 Å². The first kappa shape index (κ1) is 30.5. The van der Waals surface area contributed by atoms with Gasteiger partial charge in [0.25, 0.3) is 5.91 Å². The van der Waals surface area contributed by atoms with Crippen LogP contribution in [0.2, 0.25) is 0 Å². The number of halogens is 7. The van der Waals surface area contributed by atoms with Gasteiger partial charge < -0.3 is 20.1 Å². The molecule has 0 spiro atoms. The van der Waals surface area contributed by atoms with E-state index in [1.54, 1.807) is 25.1 Å². The molecule has 0 atom stereocenters. The van der Waals surface area contributed by atoms with Crippen molar-refractivity contribution in [3.8, 4) is 34.6 Å². The Bertz CT molecular complexity index is 1770. The van der Waals surface area contributed by atoms with Crippen LogP contribution in [0.15, 0.2) is 54.9 Å². The highest BCUT2D eigenvalue weighted by Gasteiger charge is 2.44. The molecular formula is C29H22F7N5O3. The molecule has 15 heteroatoms. The van der Waals surface area contributed by atoms with E-state index in [9.17, 15) is 40.8 Å². The minimum Gasteiger partial charge on any atom is -0.456 e. The average Bonchev–Trinajstić information content (AvgIpc) is 3.56. The first-order valence-corrected chi connectivity index (χ1v) is 13.0. The highest BCUT2D eigenvalue weighted by atomic mass is 19.4. The Morgan fingerprint density at radius 3 is 2.45 bits per heavy atom. The van der Waals surface area contributed by atoms with Gasteiger partial charge in [-0.15, -0.1) is 13.2 Å². The number of hydrogen-bond acceptors (Lipinski definition) is 6. The second-order valence-corrected chi connectivity index (χ2v) is 10.1. The van der Waals surface area contributed by atoms with E-state index >= 15 is 0 Å². The molecule has 230 valence electrons. The zero-order chi connectivity index (χ0) is 31.9. The predicted molar refractivity (Wildman–Crippen MR) is 143 cm³/mol. The molecular weight excluding hydrogens is 599 g/mol. The van der Waals surface area contributed by atoms with Crippen molar-refractivity contribution in [3.63, 3.8) is 0 Å². The van der Waals surface area contributed by atoms with Crippen LogP contribution in [-0.4, -0.2) is 39.9 Å². The van der Waals surface area contributed by atoms with Gasteiger partial charge in [0.15, 0.2) is 17.2 Å². The van der Waals surface area contributed by atoms with Crippen LogP contribution in [-0.2, 0) is 0 Å². The van der Waals surface area contributed by atoms with Crippen molar-refractivity contribution in [1.29, 1.82) is 5.26 Å². The van der Waals surface area contributed by atoms with Crippen LogP contribution < -0.4 is 20.1 Å². The molecule has 2 aromatic carbocycles. The maximum atomic E-state index is 14.3. The topological polar surface area (TPSA) is 101 Å². The Balaban J connectivity index is 1.48. The Kier molecular flexibility index (Phi) is 7.79. The number of carbonyl (C=O) groups excluding carboxylic acids is 1. The third kappa shape index (κ3) is 6.96. The molecule has 44 heavy (non-hydrogen) atoms. The number of amides is 1. The number of nitrogens with zero attached hydrogens (tertiary/aromatic N) is 3. The van der Waals surface area contributed by atoms with Gasteiger partial charge >= 0.3 is 12.5 Å². The van der Waals surface area contributed by atoms with E-state index in [1.807, 2.05) is 0 Å². The largest absolute Gasteiger partial charge is 0.573 e. The molecule has 0 bridgehead atoms. The predicted octanol–water partition coefficient (Wildman–Crippen LogP) is 7.29. The third-order valence-corrected chi connectivity index (χ3v) is 6.75. The zero-order valence-electron chi connectivity index (χ0n) is 22.7. The van der Waals surface area contributed by atoms with Gasteiger partial charge in [-0.1, -0.05) is 6.07 Å². The number of nitriles is 1. The summed E-state index contributed by atoms with van der Waals surface area (Å²) in [5.74, 6) is -3.05. The summed E-state index contributed by atoms with van der Waals surface area (Å²) in [4.78, 5) is 17.1. The molecule has 5 rings (SSSR count). The molecule has 1 saturated carbocycles. The Morgan fingerprint density at radius 1 is 1.09 bits per heavy atom. The smallest absolute Gasteiger partial charge is 0.456 e. The third-order valence-electron chi connectivity index (χ3n) is 6.75. The number of fused-ring (bicyclic) bond motifs is 1. The molecule has 1 aliphatic carbocycles. The van der Waals surface area contributed by atoms with Crippen LogP contribution in [0.4, 0.5) is 36.4 Å². The summed E-state index contributed by atoms with van der Waals surface area (Å²) in [7, 11) is 0. The van der Waals surface area contributed by atoms with Gasteiger partial charge in [0, 0.05) is 29.8 Å². The summed E-state index contributed by atoms with van der Waals surface area (Å²) in [6.45, 7) is 1.20. The quantitative estimate of drug-likeness (QED) is 0.191. The van der Waals surface area contributed by atoms with Crippen molar-refractivity contribution < 1.29 is 45.0 Å². The van der Waals surface area contributed by atoms with Gasteiger partial charge in [0.05, 0.1) is 36.3 Å². The monoisotopic (exact) mass is 621 g/mol. The fourth-order valence-electron chi connectivity index (χ4n) is 4.44. The number of nitrogens with one attached hydrogen (secondary N) is 2. The van der Waals surface area contributed by atoms with E-state index in [1.165, 1.54) is 22.9 Å². The number of anilines is 1. The van der Waals surface area contributed by atoms with Crippen LogP contribution >= 0.6 is 0 Å². The molecule has 0 unspecified atom stereocenters. The molecule has 1 fully saturated rings. The van der Waals surface area contributed by atoms with Crippen LogP contribution in [0, 0.1) is 24.1 Å². The summed E-state index contributed by atoms with van der Waals surface area (Å²) < 4.78 is 101. The lowest BCUT2D eigenvalue weighted by atomic mass is 10.0. The summed E-state index contributed by atoms with van der Waals surface area (Å²) >= 11 is 0. The number of alkyl halides is 6. The van der Waals surface area contributed by atoms with E-state index in [0.717, 1.165) is 12.1 Å². The van der Waals surface area contributed by atoms with Crippen LogP contribution in [0.3, 0.4) is 0 Å². The van der Waals surface area contributed by atoms with Gasteiger partial charge in [0.1, 0.15) is 17.0 Å². The van der Waals surface area contributed by atoms with Crippen molar-refractivity contribution >= 4 is 17.2 Å². The summed E-state index contributed by atoms with van der Waals surface area (Å²) in [6.07, 6.45) is -6.69. The molecule has 1 amide bonds. The van der Waals surface area contributed by atoms with Crippen molar-refractivity contribution in [1.82, 2.24) is 14.7 Å². The van der Waals surface area contributed by atoms with Crippen molar-refractivity contribution in [2.75, 3.05) is 11.9 Å². The molecule has 0 radical (unpaired) electrons. The summed E-state index contributed by atoms with van der Waals surface area (Å²) in [5, 5.41) is 14.7. The number of aryl methyl sites for hydroxylation is 1. The summed E-state index contributed by atoms with van der Waals surface area (Å²) in [5.41, 5.74) is 1.46. The molecule has 0 aliphatic heterocycles. The van der Waals surface area contributed by atoms with Gasteiger partial charge in [-0.2, -0.15) is 18.4 Å². The Labute approximate surface area is 245 Å². The minimum atomic E-state index is -5.11. The number of imidazole rings is 1. The first-order chi connectivity index (χ1) is 20.7. The molecule has 2 heterocycles. The van der Waals surface area contributed by atoms with E-state index in [2.05, 4.69) is 26.4 Å². The fourth-order valence-corrected chi connectivity index (χ4v) is 4.44. The fraction of sp³-hybridized carbons (Fsp3) is 0.276.